The molecule has 0 aliphatic heterocycles. The van der Waals surface area contributed by atoms with E-state index in [1.807, 2.05) is 26.0 Å². The summed E-state index contributed by atoms with van der Waals surface area (Å²) in [4.78, 5) is 20.7. The van der Waals surface area contributed by atoms with Crippen LogP contribution in [-0.2, 0) is 9.53 Å². The summed E-state index contributed by atoms with van der Waals surface area (Å²) >= 11 is 0. The van der Waals surface area contributed by atoms with E-state index >= 15 is 0 Å². The Morgan fingerprint density at radius 2 is 2.12 bits per heavy atom. The summed E-state index contributed by atoms with van der Waals surface area (Å²) in [7, 11) is 0. The molecule has 1 aromatic heterocycles. The summed E-state index contributed by atoms with van der Waals surface area (Å²) in [5.41, 5.74) is 0.875. The van der Waals surface area contributed by atoms with Crippen molar-refractivity contribution in [3.63, 3.8) is 0 Å². The number of ether oxygens (including phenoxy) is 1. The first-order chi connectivity index (χ1) is 12.5. The van der Waals surface area contributed by atoms with Gasteiger partial charge in [0.1, 0.15) is 5.82 Å². The Morgan fingerprint density at radius 3 is 2.81 bits per heavy atom. The maximum absolute atomic E-state index is 12.0. The molecule has 0 saturated heterocycles. The molecule has 3 N–H and O–H groups in total. The molecule has 7 heteroatoms. The van der Waals surface area contributed by atoms with Crippen molar-refractivity contribution in [3.8, 4) is 0 Å². The van der Waals surface area contributed by atoms with Gasteiger partial charge in [0.05, 0.1) is 0 Å². The molecule has 0 fully saturated rings. The first kappa shape index (κ1) is 21.9. The summed E-state index contributed by atoms with van der Waals surface area (Å²) in [5, 5.41) is 9.15. The summed E-state index contributed by atoms with van der Waals surface area (Å²) < 4.78 is 5.55. The highest BCUT2D eigenvalue weighted by atomic mass is 16.5. The van der Waals surface area contributed by atoms with Gasteiger partial charge >= 0.3 is 0 Å². The molecule has 0 bridgehead atoms. The predicted molar refractivity (Wildman–Crippen MR) is 106 cm³/mol. The van der Waals surface area contributed by atoms with Crippen LogP contribution < -0.4 is 16.0 Å². The lowest BCUT2D eigenvalue weighted by Crippen LogP contribution is -2.38. The number of nitrogens with one attached hydrogen (secondary N) is 3. The quantitative estimate of drug-likeness (QED) is 0.319. The van der Waals surface area contributed by atoms with E-state index in [4.69, 9.17) is 4.74 Å². The molecule has 1 heterocycles. The first-order valence-electron chi connectivity index (χ1n) is 9.34. The Kier molecular flexibility index (Phi) is 11.0. The van der Waals surface area contributed by atoms with E-state index in [9.17, 15) is 4.79 Å². The van der Waals surface area contributed by atoms with E-state index in [0.29, 0.717) is 37.9 Å². The Hall–Kier alpha value is -2.15. The van der Waals surface area contributed by atoms with Crippen LogP contribution in [0.3, 0.4) is 0 Å². The maximum atomic E-state index is 12.0. The van der Waals surface area contributed by atoms with Crippen molar-refractivity contribution in [1.29, 1.82) is 0 Å². The maximum Gasteiger partial charge on any atom is 0.227 e. The second kappa shape index (κ2) is 13.1. The predicted octanol–water partition coefficient (Wildman–Crippen LogP) is 2.34. The monoisotopic (exact) mass is 363 g/mol. The van der Waals surface area contributed by atoms with Crippen LogP contribution in [-0.4, -0.2) is 49.7 Å². The lowest BCUT2D eigenvalue weighted by atomic mass is 10.2. The minimum atomic E-state index is -0.0754. The number of rotatable bonds is 11. The molecule has 146 valence electrons. The van der Waals surface area contributed by atoms with Gasteiger partial charge in [-0.3, -0.25) is 9.79 Å². The standard InChI is InChI=1S/C19H33N5O2/c1-5-20-19(21-11-7-13-26-14-15(2)3)22-12-10-18(25)24-17-9-6-8-16(4)23-17/h6,8-9,15H,5,7,10-14H2,1-4H3,(H2,20,21,22)(H,23,24,25). The highest BCUT2D eigenvalue weighted by Crippen LogP contribution is 2.03. The van der Waals surface area contributed by atoms with E-state index in [-0.39, 0.29) is 5.91 Å². The van der Waals surface area contributed by atoms with Gasteiger partial charge in [-0.25, -0.2) is 4.98 Å². The van der Waals surface area contributed by atoms with Crippen molar-refractivity contribution in [3.05, 3.63) is 23.9 Å². The third-order valence-electron chi connectivity index (χ3n) is 3.31. The Labute approximate surface area is 157 Å². The second-order valence-electron chi connectivity index (χ2n) is 6.47. The van der Waals surface area contributed by atoms with Crippen LogP contribution in [0.4, 0.5) is 5.82 Å². The smallest absolute Gasteiger partial charge is 0.227 e. The molecule has 26 heavy (non-hydrogen) atoms. The van der Waals surface area contributed by atoms with Gasteiger partial charge < -0.3 is 20.7 Å². The largest absolute Gasteiger partial charge is 0.381 e. The van der Waals surface area contributed by atoms with Crippen molar-refractivity contribution in [2.24, 2.45) is 10.9 Å². The molecule has 7 nitrogen and oxygen atoms in total. The average molecular weight is 364 g/mol. The number of anilines is 1. The van der Waals surface area contributed by atoms with Crippen LogP contribution in [0.25, 0.3) is 0 Å². The third kappa shape index (κ3) is 10.7. The summed E-state index contributed by atoms with van der Waals surface area (Å²) in [5.74, 6) is 1.78. The Morgan fingerprint density at radius 1 is 1.31 bits per heavy atom. The number of aromatic nitrogens is 1. The van der Waals surface area contributed by atoms with Gasteiger partial charge in [0.2, 0.25) is 5.91 Å². The lowest BCUT2D eigenvalue weighted by molar-refractivity contribution is -0.116. The molecule has 0 aromatic carbocycles. The Balaban J connectivity index is 2.27. The number of hydrogen-bond acceptors (Lipinski definition) is 4. The van der Waals surface area contributed by atoms with Crippen molar-refractivity contribution in [2.45, 2.75) is 40.5 Å². The number of guanidine groups is 1. The molecule has 0 saturated carbocycles. The van der Waals surface area contributed by atoms with Crippen LogP contribution >= 0.6 is 0 Å². The molecular formula is C19H33N5O2. The molecular weight excluding hydrogens is 330 g/mol. The highest BCUT2D eigenvalue weighted by molar-refractivity contribution is 5.90. The van der Waals surface area contributed by atoms with Crippen LogP contribution in [0.1, 0.15) is 39.3 Å². The van der Waals surface area contributed by atoms with E-state index in [2.05, 4.69) is 39.8 Å². The minimum Gasteiger partial charge on any atom is -0.381 e. The molecule has 1 aromatic rings. The zero-order chi connectivity index (χ0) is 19.2. The van der Waals surface area contributed by atoms with Gasteiger partial charge in [-0.05, 0) is 38.3 Å². The van der Waals surface area contributed by atoms with Crippen LogP contribution in [0.15, 0.2) is 23.2 Å². The second-order valence-corrected chi connectivity index (χ2v) is 6.47. The van der Waals surface area contributed by atoms with Crippen LogP contribution in [0.2, 0.25) is 0 Å². The highest BCUT2D eigenvalue weighted by Gasteiger charge is 2.04. The minimum absolute atomic E-state index is 0.0754. The van der Waals surface area contributed by atoms with Crippen molar-refractivity contribution in [1.82, 2.24) is 15.6 Å². The van der Waals surface area contributed by atoms with Gasteiger partial charge in [0.25, 0.3) is 0 Å². The van der Waals surface area contributed by atoms with E-state index < -0.39 is 0 Å². The van der Waals surface area contributed by atoms with Crippen LogP contribution in [0.5, 0.6) is 0 Å². The lowest BCUT2D eigenvalue weighted by Gasteiger charge is -2.11. The van der Waals surface area contributed by atoms with E-state index in [1.54, 1.807) is 6.07 Å². The number of aliphatic imine (C=N–C) groups is 1. The van der Waals surface area contributed by atoms with Gasteiger partial charge in [0.15, 0.2) is 5.96 Å². The van der Waals surface area contributed by atoms with Gasteiger partial charge in [-0.15, -0.1) is 0 Å². The Bertz CT molecular complexity index is 561. The molecule has 1 rings (SSSR count). The zero-order valence-corrected chi connectivity index (χ0v) is 16.5. The molecule has 0 radical (unpaired) electrons. The number of hydrogen-bond donors (Lipinski definition) is 3. The topological polar surface area (TPSA) is 87.6 Å². The van der Waals surface area contributed by atoms with Crippen molar-refractivity contribution in [2.75, 3.05) is 38.2 Å². The van der Waals surface area contributed by atoms with E-state index in [0.717, 1.165) is 31.2 Å². The number of amides is 1. The molecule has 0 aliphatic rings. The van der Waals surface area contributed by atoms with Gasteiger partial charge in [0, 0.05) is 45.0 Å². The summed E-state index contributed by atoms with van der Waals surface area (Å²) in [6, 6.07) is 5.55. The van der Waals surface area contributed by atoms with Crippen molar-refractivity contribution < 1.29 is 9.53 Å². The average Bonchev–Trinajstić information content (AvgIpc) is 2.57. The number of aryl methyl sites for hydroxylation is 1. The number of carbonyl (C=O) groups excluding carboxylic acids is 1. The first-order valence-corrected chi connectivity index (χ1v) is 9.34. The number of nitrogens with zero attached hydrogens (tertiary/aromatic N) is 2. The van der Waals surface area contributed by atoms with Crippen molar-refractivity contribution >= 4 is 17.7 Å². The zero-order valence-electron chi connectivity index (χ0n) is 16.5. The van der Waals surface area contributed by atoms with Crippen LogP contribution in [0, 0.1) is 12.8 Å². The fourth-order valence-corrected chi connectivity index (χ4v) is 2.13. The molecule has 1 amide bonds. The number of pyridine rings is 1. The molecule has 0 aliphatic carbocycles. The number of carbonyl (C=O) groups is 1. The van der Waals surface area contributed by atoms with Gasteiger partial charge in [-0.2, -0.15) is 0 Å². The fourth-order valence-electron chi connectivity index (χ4n) is 2.13. The SMILES string of the molecule is CCNC(=NCCCOCC(C)C)NCCC(=O)Nc1cccc(C)n1. The summed E-state index contributed by atoms with van der Waals surface area (Å²) in [6.07, 6.45) is 1.22. The molecule has 0 unspecified atom stereocenters. The fraction of sp³-hybridized carbons (Fsp3) is 0.632. The normalized spacial score (nSPS) is 11.5. The third-order valence-corrected chi connectivity index (χ3v) is 3.31. The van der Waals surface area contributed by atoms with Gasteiger partial charge in [-0.1, -0.05) is 19.9 Å². The molecule has 0 atom stereocenters. The molecule has 0 spiro atoms. The summed E-state index contributed by atoms with van der Waals surface area (Å²) in [6.45, 7) is 11.6. The van der Waals surface area contributed by atoms with E-state index in [1.165, 1.54) is 0 Å².